The Labute approximate surface area is 132 Å². The Morgan fingerprint density at radius 3 is 1.57 bits per heavy atom. The molecule has 0 saturated heterocycles. The van der Waals surface area contributed by atoms with Crippen LogP contribution < -0.4 is 5.73 Å². The van der Waals surface area contributed by atoms with Crippen molar-refractivity contribution in [1.29, 1.82) is 0 Å². The van der Waals surface area contributed by atoms with Crippen molar-refractivity contribution in [1.82, 2.24) is 4.90 Å². The fourth-order valence-corrected chi connectivity index (χ4v) is 4.60. The van der Waals surface area contributed by atoms with Gasteiger partial charge < -0.3 is 5.73 Å². The third kappa shape index (κ3) is 4.45. The summed E-state index contributed by atoms with van der Waals surface area (Å²) in [5, 5.41) is 0. The van der Waals surface area contributed by atoms with Gasteiger partial charge >= 0.3 is 0 Å². The molecule has 2 N–H and O–H groups in total. The summed E-state index contributed by atoms with van der Waals surface area (Å²) in [6, 6.07) is 1.71. The van der Waals surface area contributed by atoms with Crippen LogP contribution in [0, 0.1) is 5.41 Å². The summed E-state index contributed by atoms with van der Waals surface area (Å²) in [6.45, 7) is 6.80. The Bertz CT molecular complexity index is 247. The molecule has 0 atom stereocenters. The highest BCUT2D eigenvalue weighted by Crippen LogP contribution is 2.35. The van der Waals surface area contributed by atoms with Crippen molar-refractivity contribution in [2.45, 2.75) is 103 Å². The van der Waals surface area contributed by atoms with Crippen molar-refractivity contribution < 1.29 is 0 Å². The summed E-state index contributed by atoms with van der Waals surface area (Å²) in [4.78, 5) is 2.94. The Morgan fingerprint density at radius 2 is 1.24 bits per heavy atom. The summed E-state index contributed by atoms with van der Waals surface area (Å²) < 4.78 is 0. The van der Waals surface area contributed by atoms with Crippen molar-refractivity contribution in [3.63, 3.8) is 0 Å². The van der Waals surface area contributed by atoms with E-state index in [-0.39, 0.29) is 0 Å². The van der Waals surface area contributed by atoms with Crippen LogP contribution in [0.2, 0.25) is 0 Å². The van der Waals surface area contributed by atoms with Gasteiger partial charge in [0.2, 0.25) is 0 Å². The van der Waals surface area contributed by atoms with E-state index in [2.05, 4.69) is 18.7 Å². The maximum atomic E-state index is 6.21. The molecule has 2 heteroatoms. The molecule has 0 radical (unpaired) electrons. The molecule has 0 amide bonds. The normalized spacial score (nSPS) is 22.9. The van der Waals surface area contributed by atoms with Gasteiger partial charge in [-0.25, -0.2) is 0 Å². The van der Waals surface area contributed by atoms with Crippen LogP contribution in [0.15, 0.2) is 0 Å². The van der Waals surface area contributed by atoms with E-state index >= 15 is 0 Å². The summed E-state index contributed by atoms with van der Waals surface area (Å²) in [5.41, 5.74) is 6.57. The SMILES string of the molecule is CCC(CC)(CN)CN(C1CCCCC1)C1CCCCC1. The van der Waals surface area contributed by atoms with Crippen molar-refractivity contribution >= 4 is 0 Å². The Balaban J connectivity index is 2.09. The van der Waals surface area contributed by atoms with Gasteiger partial charge in [0.05, 0.1) is 0 Å². The zero-order valence-corrected chi connectivity index (χ0v) is 14.6. The predicted octanol–water partition coefficient (Wildman–Crippen LogP) is 4.72. The van der Waals surface area contributed by atoms with Crippen LogP contribution in [-0.4, -0.2) is 30.1 Å². The predicted molar refractivity (Wildman–Crippen MR) is 92.5 cm³/mol. The third-order valence-corrected chi connectivity index (χ3v) is 6.54. The monoisotopic (exact) mass is 294 g/mol. The summed E-state index contributed by atoms with van der Waals surface area (Å²) >= 11 is 0. The lowest BCUT2D eigenvalue weighted by Gasteiger charge is -2.46. The van der Waals surface area contributed by atoms with Gasteiger partial charge in [-0.2, -0.15) is 0 Å². The van der Waals surface area contributed by atoms with Crippen molar-refractivity contribution in [2.24, 2.45) is 11.1 Å². The molecule has 2 fully saturated rings. The topological polar surface area (TPSA) is 29.3 Å². The van der Waals surface area contributed by atoms with Crippen molar-refractivity contribution in [3.8, 4) is 0 Å². The quantitative estimate of drug-likeness (QED) is 0.736. The average molecular weight is 295 g/mol. The van der Waals surface area contributed by atoms with E-state index in [1.807, 2.05) is 0 Å². The lowest BCUT2D eigenvalue weighted by molar-refractivity contribution is 0.0321. The molecular formula is C19H38N2. The zero-order chi connectivity index (χ0) is 15.1. The molecule has 124 valence electrons. The third-order valence-electron chi connectivity index (χ3n) is 6.54. The Morgan fingerprint density at radius 1 is 0.810 bits per heavy atom. The molecule has 2 rings (SSSR count). The van der Waals surface area contributed by atoms with Crippen LogP contribution in [0.5, 0.6) is 0 Å². The molecule has 0 aromatic heterocycles. The van der Waals surface area contributed by atoms with Crippen LogP contribution in [0.3, 0.4) is 0 Å². The zero-order valence-electron chi connectivity index (χ0n) is 14.6. The van der Waals surface area contributed by atoms with Gasteiger partial charge in [-0.05, 0) is 50.5 Å². The van der Waals surface area contributed by atoms with E-state index < -0.39 is 0 Å². The Hall–Kier alpha value is -0.0800. The largest absolute Gasteiger partial charge is 0.330 e. The van der Waals surface area contributed by atoms with E-state index in [0.29, 0.717) is 5.41 Å². The van der Waals surface area contributed by atoms with Crippen LogP contribution in [0.4, 0.5) is 0 Å². The minimum absolute atomic E-state index is 0.356. The van der Waals surface area contributed by atoms with Crippen molar-refractivity contribution in [2.75, 3.05) is 13.1 Å². The van der Waals surface area contributed by atoms with Gasteiger partial charge in [0, 0.05) is 18.6 Å². The van der Waals surface area contributed by atoms with Crippen LogP contribution in [-0.2, 0) is 0 Å². The highest BCUT2D eigenvalue weighted by atomic mass is 15.2. The first kappa shape index (κ1) is 17.3. The highest BCUT2D eigenvalue weighted by molar-refractivity contribution is 4.90. The standard InChI is InChI=1S/C19H38N2/c1-3-19(4-2,15-20)16-21(17-11-7-5-8-12-17)18-13-9-6-10-14-18/h17-18H,3-16,20H2,1-2H3. The first-order valence-electron chi connectivity index (χ1n) is 9.70. The molecule has 0 spiro atoms. The molecule has 2 aliphatic rings. The molecule has 0 aromatic carbocycles. The minimum Gasteiger partial charge on any atom is -0.330 e. The second kappa shape index (κ2) is 8.53. The van der Waals surface area contributed by atoms with E-state index in [1.54, 1.807) is 0 Å². The lowest BCUT2D eigenvalue weighted by Crippen LogP contribution is -2.52. The maximum Gasteiger partial charge on any atom is 0.00984 e. The van der Waals surface area contributed by atoms with E-state index in [1.165, 1.54) is 83.6 Å². The second-order valence-corrected chi connectivity index (χ2v) is 7.67. The van der Waals surface area contributed by atoms with Gasteiger partial charge in [0.15, 0.2) is 0 Å². The fourth-order valence-electron chi connectivity index (χ4n) is 4.60. The number of rotatable bonds is 7. The molecule has 2 aliphatic carbocycles. The van der Waals surface area contributed by atoms with E-state index in [9.17, 15) is 0 Å². The first-order valence-corrected chi connectivity index (χ1v) is 9.70. The average Bonchev–Trinajstić information content (AvgIpc) is 2.58. The number of hydrogen-bond acceptors (Lipinski definition) is 2. The maximum absolute atomic E-state index is 6.21. The van der Waals surface area contributed by atoms with E-state index in [0.717, 1.165) is 18.6 Å². The molecule has 2 saturated carbocycles. The molecule has 21 heavy (non-hydrogen) atoms. The fraction of sp³-hybridized carbons (Fsp3) is 1.00. The summed E-state index contributed by atoms with van der Waals surface area (Å²) in [7, 11) is 0. The van der Waals surface area contributed by atoms with Gasteiger partial charge in [-0.15, -0.1) is 0 Å². The van der Waals surface area contributed by atoms with Gasteiger partial charge in [-0.1, -0.05) is 52.4 Å². The number of nitrogens with zero attached hydrogens (tertiary/aromatic N) is 1. The highest BCUT2D eigenvalue weighted by Gasteiger charge is 2.35. The van der Waals surface area contributed by atoms with Gasteiger partial charge in [0.1, 0.15) is 0 Å². The van der Waals surface area contributed by atoms with Crippen LogP contribution in [0.1, 0.15) is 90.9 Å². The lowest BCUT2D eigenvalue weighted by atomic mass is 9.79. The van der Waals surface area contributed by atoms with Gasteiger partial charge in [-0.3, -0.25) is 4.90 Å². The van der Waals surface area contributed by atoms with Gasteiger partial charge in [0.25, 0.3) is 0 Å². The molecular weight excluding hydrogens is 256 g/mol. The molecule has 0 unspecified atom stereocenters. The van der Waals surface area contributed by atoms with Crippen molar-refractivity contribution in [3.05, 3.63) is 0 Å². The van der Waals surface area contributed by atoms with Crippen LogP contribution >= 0.6 is 0 Å². The summed E-state index contributed by atoms with van der Waals surface area (Å²) in [5.74, 6) is 0. The number of hydrogen-bond donors (Lipinski definition) is 1. The number of nitrogens with two attached hydrogens (primary N) is 1. The smallest absolute Gasteiger partial charge is 0.00984 e. The molecule has 0 heterocycles. The van der Waals surface area contributed by atoms with E-state index in [4.69, 9.17) is 5.73 Å². The first-order chi connectivity index (χ1) is 10.2. The van der Waals surface area contributed by atoms with Crippen LogP contribution in [0.25, 0.3) is 0 Å². The minimum atomic E-state index is 0.356. The molecule has 2 nitrogen and oxygen atoms in total. The molecule has 0 bridgehead atoms. The Kier molecular flexibility index (Phi) is 7.01. The molecule has 0 aliphatic heterocycles. The second-order valence-electron chi connectivity index (χ2n) is 7.67. The molecule has 0 aromatic rings. The summed E-state index contributed by atoms with van der Waals surface area (Å²) in [6.07, 6.45) is 16.9.